The van der Waals surface area contributed by atoms with Gasteiger partial charge >= 0.3 is 0 Å². The molecule has 0 bridgehead atoms. The number of carbonyl (C=O) groups excluding carboxylic acids is 1. The summed E-state index contributed by atoms with van der Waals surface area (Å²) in [5.41, 5.74) is 3.17. The SMILES string of the molecule is O=C1CC2(CCN(Cc3ccc(Cl)cc3Cl)CC2)Nc2ccccc2CN1. The van der Waals surface area contributed by atoms with Gasteiger partial charge in [0, 0.05) is 53.9 Å². The predicted molar refractivity (Wildman–Crippen MR) is 110 cm³/mol. The Kier molecular flexibility index (Phi) is 5.31. The highest BCUT2D eigenvalue weighted by atomic mass is 35.5. The van der Waals surface area contributed by atoms with Crippen molar-refractivity contribution in [3.8, 4) is 0 Å². The Morgan fingerprint density at radius 3 is 2.63 bits per heavy atom. The van der Waals surface area contributed by atoms with Crippen LogP contribution in [-0.2, 0) is 17.9 Å². The summed E-state index contributed by atoms with van der Waals surface area (Å²) >= 11 is 12.3. The fourth-order valence-electron chi connectivity index (χ4n) is 4.02. The van der Waals surface area contributed by atoms with Crippen molar-refractivity contribution < 1.29 is 4.79 Å². The van der Waals surface area contributed by atoms with Crippen molar-refractivity contribution in [2.75, 3.05) is 18.4 Å². The highest BCUT2D eigenvalue weighted by Crippen LogP contribution is 2.34. The molecular formula is C21H23Cl2N3O. The summed E-state index contributed by atoms with van der Waals surface area (Å²) in [4.78, 5) is 14.8. The number of para-hydroxylation sites is 1. The van der Waals surface area contributed by atoms with E-state index >= 15 is 0 Å². The van der Waals surface area contributed by atoms with E-state index in [-0.39, 0.29) is 11.4 Å². The second kappa shape index (κ2) is 7.70. The van der Waals surface area contributed by atoms with Crippen LogP contribution in [0.1, 0.15) is 30.4 Å². The Hall–Kier alpha value is -1.75. The number of halogens is 2. The van der Waals surface area contributed by atoms with E-state index < -0.39 is 0 Å². The van der Waals surface area contributed by atoms with Crippen LogP contribution >= 0.6 is 23.2 Å². The Balaban J connectivity index is 1.47. The van der Waals surface area contributed by atoms with E-state index in [2.05, 4.69) is 27.7 Å². The number of amides is 1. The van der Waals surface area contributed by atoms with E-state index in [1.807, 2.05) is 24.3 Å². The molecular weight excluding hydrogens is 381 g/mol. The van der Waals surface area contributed by atoms with Crippen LogP contribution in [0, 0.1) is 0 Å². The third kappa shape index (κ3) is 4.23. The molecule has 1 saturated heterocycles. The molecule has 142 valence electrons. The lowest BCUT2D eigenvalue weighted by molar-refractivity contribution is -0.122. The van der Waals surface area contributed by atoms with Gasteiger partial charge in [0.2, 0.25) is 5.91 Å². The number of rotatable bonds is 2. The molecule has 2 aliphatic heterocycles. The summed E-state index contributed by atoms with van der Waals surface area (Å²) in [6.45, 7) is 3.22. The Morgan fingerprint density at radius 2 is 1.85 bits per heavy atom. The van der Waals surface area contributed by atoms with Crippen molar-refractivity contribution in [2.45, 2.75) is 37.9 Å². The van der Waals surface area contributed by atoms with Gasteiger partial charge in [-0.25, -0.2) is 0 Å². The van der Waals surface area contributed by atoms with E-state index in [1.54, 1.807) is 6.07 Å². The first-order chi connectivity index (χ1) is 13.0. The van der Waals surface area contributed by atoms with Gasteiger partial charge in [0.25, 0.3) is 0 Å². The van der Waals surface area contributed by atoms with Crippen molar-refractivity contribution in [1.82, 2.24) is 10.2 Å². The lowest BCUT2D eigenvalue weighted by Crippen LogP contribution is -2.52. The molecule has 2 N–H and O–H groups in total. The number of nitrogens with zero attached hydrogens (tertiary/aromatic N) is 1. The number of likely N-dealkylation sites (tertiary alicyclic amines) is 1. The molecule has 1 amide bonds. The van der Waals surface area contributed by atoms with Gasteiger partial charge in [-0.05, 0) is 42.2 Å². The number of piperidine rings is 1. The number of carbonyl (C=O) groups is 1. The monoisotopic (exact) mass is 403 g/mol. The first kappa shape index (κ1) is 18.6. The Morgan fingerprint density at radius 1 is 1.07 bits per heavy atom. The second-order valence-electron chi connectivity index (χ2n) is 7.53. The summed E-state index contributed by atoms with van der Waals surface area (Å²) in [6, 6.07) is 13.9. The van der Waals surface area contributed by atoms with Crippen molar-refractivity contribution in [1.29, 1.82) is 0 Å². The minimum Gasteiger partial charge on any atom is -0.379 e. The lowest BCUT2D eigenvalue weighted by atomic mass is 9.82. The zero-order chi connectivity index (χ0) is 18.9. The van der Waals surface area contributed by atoms with Crippen LogP contribution in [0.25, 0.3) is 0 Å². The minimum absolute atomic E-state index is 0.117. The van der Waals surface area contributed by atoms with Gasteiger partial charge in [-0.2, -0.15) is 0 Å². The molecule has 1 spiro atoms. The molecule has 0 saturated carbocycles. The van der Waals surface area contributed by atoms with Gasteiger partial charge in [0.05, 0.1) is 0 Å². The maximum atomic E-state index is 12.4. The second-order valence-corrected chi connectivity index (χ2v) is 8.37. The van der Waals surface area contributed by atoms with Crippen LogP contribution in [0.2, 0.25) is 10.0 Å². The third-order valence-electron chi connectivity index (χ3n) is 5.61. The molecule has 1 fully saturated rings. The fourth-order valence-corrected chi connectivity index (χ4v) is 4.49. The highest BCUT2D eigenvalue weighted by molar-refractivity contribution is 6.35. The fraction of sp³-hybridized carbons (Fsp3) is 0.381. The van der Waals surface area contributed by atoms with Crippen LogP contribution in [0.5, 0.6) is 0 Å². The molecule has 2 aromatic carbocycles. The molecule has 0 aromatic heterocycles. The summed E-state index contributed by atoms with van der Waals surface area (Å²) in [6.07, 6.45) is 2.34. The van der Waals surface area contributed by atoms with Crippen LogP contribution in [-0.4, -0.2) is 29.4 Å². The minimum atomic E-state index is -0.194. The first-order valence-electron chi connectivity index (χ1n) is 9.32. The largest absolute Gasteiger partial charge is 0.379 e. The number of hydrogen-bond acceptors (Lipinski definition) is 3. The lowest BCUT2D eigenvalue weighted by Gasteiger charge is -2.44. The topological polar surface area (TPSA) is 44.4 Å². The standard InChI is InChI=1S/C21H23Cl2N3O/c22-17-6-5-16(18(23)11-17)14-26-9-7-21(8-10-26)12-20(27)24-13-15-3-1-2-4-19(15)25-21/h1-6,11,25H,7-10,12-14H2,(H,24,27). The summed E-state index contributed by atoms with van der Waals surface area (Å²) in [7, 11) is 0. The zero-order valence-electron chi connectivity index (χ0n) is 15.1. The molecule has 4 rings (SSSR count). The normalized spacial score (nSPS) is 19.6. The summed E-state index contributed by atoms with van der Waals surface area (Å²) in [5.74, 6) is 0.117. The van der Waals surface area contributed by atoms with Crippen molar-refractivity contribution in [3.63, 3.8) is 0 Å². The van der Waals surface area contributed by atoms with E-state index in [9.17, 15) is 4.79 Å². The van der Waals surface area contributed by atoms with Gasteiger partial charge in [-0.15, -0.1) is 0 Å². The number of anilines is 1. The van der Waals surface area contributed by atoms with Crippen molar-refractivity contribution in [3.05, 3.63) is 63.6 Å². The molecule has 0 radical (unpaired) electrons. The van der Waals surface area contributed by atoms with Gasteiger partial charge in [-0.1, -0.05) is 47.5 Å². The molecule has 0 unspecified atom stereocenters. The molecule has 27 heavy (non-hydrogen) atoms. The number of hydrogen-bond donors (Lipinski definition) is 2. The highest BCUT2D eigenvalue weighted by Gasteiger charge is 2.37. The Bertz CT molecular complexity index is 847. The van der Waals surface area contributed by atoms with Crippen LogP contribution < -0.4 is 10.6 Å². The van der Waals surface area contributed by atoms with E-state index in [0.717, 1.165) is 49.3 Å². The van der Waals surface area contributed by atoms with Crippen LogP contribution in [0.15, 0.2) is 42.5 Å². The summed E-state index contributed by atoms with van der Waals surface area (Å²) < 4.78 is 0. The van der Waals surface area contributed by atoms with Gasteiger partial charge < -0.3 is 10.6 Å². The van der Waals surface area contributed by atoms with Crippen molar-refractivity contribution in [2.24, 2.45) is 0 Å². The predicted octanol–water partition coefficient (Wildman–Crippen LogP) is 4.46. The smallest absolute Gasteiger partial charge is 0.222 e. The molecule has 0 atom stereocenters. The molecule has 2 aliphatic rings. The van der Waals surface area contributed by atoms with Crippen LogP contribution in [0.4, 0.5) is 5.69 Å². The number of benzene rings is 2. The maximum absolute atomic E-state index is 12.4. The van der Waals surface area contributed by atoms with E-state index in [4.69, 9.17) is 23.2 Å². The molecule has 4 nitrogen and oxygen atoms in total. The maximum Gasteiger partial charge on any atom is 0.222 e. The van der Waals surface area contributed by atoms with E-state index in [0.29, 0.717) is 23.0 Å². The van der Waals surface area contributed by atoms with Crippen LogP contribution in [0.3, 0.4) is 0 Å². The van der Waals surface area contributed by atoms with Gasteiger partial charge in [-0.3, -0.25) is 9.69 Å². The zero-order valence-corrected chi connectivity index (χ0v) is 16.6. The van der Waals surface area contributed by atoms with Gasteiger partial charge in [0.15, 0.2) is 0 Å². The first-order valence-corrected chi connectivity index (χ1v) is 10.1. The molecule has 2 heterocycles. The Labute approximate surface area is 169 Å². The summed E-state index contributed by atoms with van der Waals surface area (Å²) in [5, 5.41) is 8.14. The average Bonchev–Trinajstić information content (AvgIpc) is 2.64. The van der Waals surface area contributed by atoms with E-state index in [1.165, 1.54) is 0 Å². The molecule has 2 aromatic rings. The molecule has 6 heteroatoms. The van der Waals surface area contributed by atoms with Gasteiger partial charge in [0.1, 0.15) is 0 Å². The number of fused-ring (bicyclic) bond motifs is 1. The average molecular weight is 404 g/mol. The molecule has 0 aliphatic carbocycles. The third-order valence-corrected chi connectivity index (χ3v) is 6.20. The number of nitrogens with one attached hydrogen (secondary N) is 2. The quantitative estimate of drug-likeness (QED) is 0.777. The van der Waals surface area contributed by atoms with Crippen molar-refractivity contribution >= 4 is 34.8 Å².